The summed E-state index contributed by atoms with van der Waals surface area (Å²) < 4.78 is 0. The van der Waals surface area contributed by atoms with Gasteiger partial charge in [-0.3, -0.25) is 4.79 Å². The molecule has 1 amide bonds. The summed E-state index contributed by atoms with van der Waals surface area (Å²) in [5.74, 6) is -0.476. The summed E-state index contributed by atoms with van der Waals surface area (Å²) >= 11 is 0. The summed E-state index contributed by atoms with van der Waals surface area (Å²) in [5, 5.41) is 0.830. The number of fused-ring (bicyclic) bond motifs is 1. The van der Waals surface area contributed by atoms with Crippen LogP contribution in [-0.4, -0.2) is 18.7 Å². The number of hydrogen-bond donors (Lipinski definition) is 2. The number of primary amides is 1. The Bertz CT molecular complexity index is 475. The fourth-order valence-electron chi connectivity index (χ4n) is 1.31. The molecule has 0 aliphatic carbocycles. The molecule has 0 spiro atoms. The Labute approximate surface area is 76.3 Å². The van der Waals surface area contributed by atoms with Crippen LogP contribution in [0.15, 0.2) is 24.3 Å². The van der Waals surface area contributed by atoms with E-state index in [1.54, 1.807) is 12.1 Å². The predicted octanol–water partition coefficient (Wildman–Crippen LogP) is 0.0606. The smallest absolute Gasteiger partial charge is 0.265 e. The van der Waals surface area contributed by atoms with Crippen molar-refractivity contribution in [2.75, 3.05) is 0 Å². The van der Waals surface area contributed by atoms with E-state index in [2.05, 4.69) is 4.98 Å². The summed E-state index contributed by atoms with van der Waals surface area (Å²) in [5.41, 5.74) is 6.97. The molecule has 2 rings (SSSR count). The number of rotatable bonds is 1. The third-order valence-electron chi connectivity index (χ3n) is 1.96. The van der Waals surface area contributed by atoms with Gasteiger partial charge in [-0.05, 0) is 17.5 Å². The van der Waals surface area contributed by atoms with E-state index in [9.17, 15) is 4.79 Å². The number of carbonyl (C=O) groups is 1. The van der Waals surface area contributed by atoms with E-state index < -0.39 is 5.91 Å². The largest absolute Gasteiger partial charge is 0.364 e. The predicted molar refractivity (Wildman–Crippen MR) is 52.2 cm³/mol. The van der Waals surface area contributed by atoms with Gasteiger partial charge in [-0.25, -0.2) is 0 Å². The first-order valence-corrected chi connectivity index (χ1v) is 3.85. The van der Waals surface area contributed by atoms with Gasteiger partial charge in [0.15, 0.2) is 0 Å². The van der Waals surface area contributed by atoms with Crippen LogP contribution in [0.2, 0.25) is 0 Å². The molecule has 13 heavy (non-hydrogen) atoms. The van der Waals surface area contributed by atoms with Crippen molar-refractivity contribution >= 4 is 30.1 Å². The van der Waals surface area contributed by atoms with Crippen molar-refractivity contribution in [1.29, 1.82) is 0 Å². The number of amides is 1. The normalized spacial score (nSPS) is 10.5. The number of nitrogens with one attached hydrogen (secondary N) is 1. The summed E-state index contributed by atoms with van der Waals surface area (Å²) in [7, 11) is 5.70. The molecule has 1 aromatic carbocycles. The molecule has 0 unspecified atom stereocenters. The first kappa shape index (κ1) is 7.92. The van der Waals surface area contributed by atoms with Crippen LogP contribution in [0.4, 0.5) is 0 Å². The molecule has 0 atom stereocenters. The molecule has 2 aromatic rings. The van der Waals surface area contributed by atoms with Gasteiger partial charge in [-0.2, -0.15) is 0 Å². The molecule has 0 fully saturated rings. The number of hydrogen-bond acceptors (Lipinski definition) is 1. The number of carbonyl (C=O) groups excluding carboxylic acids is 1. The molecule has 0 aliphatic rings. The van der Waals surface area contributed by atoms with Crippen LogP contribution in [0.1, 0.15) is 10.5 Å². The molecule has 2 radical (unpaired) electrons. The molecule has 3 N–H and O–H groups in total. The summed E-state index contributed by atoms with van der Waals surface area (Å²) in [4.78, 5) is 13.7. The van der Waals surface area contributed by atoms with Crippen molar-refractivity contribution < 1.29 is 4.79 Å². The molecule has 0 saturated heterocycles. The van der Waals surface area contributed by atoms with Crippen molar-refractivity contribution in [3.8, 4) is 0 Å². The van der Waals surface area contributed by atoms with Gasteiger partial charge in [0.25, 0.3) is 5.91 Å². The number of nitrogens with two attached hydrogens (primary N) is 1. The zero-order valence-electron chi connectivity index (χ0n) is 6.87. The molecule has 4 heteroatoms. The lowest BCUT2D eigenvalue weighted by Crippen LogP contribution is -2.10. The Balaban J connectivity index is 2.75. The standard InChI is InChI=1S/C9H7BN2O/c10-6-2-1-3-7-5(6)4-8(12-7)9(11)13/h1-4,12H,(H2,11,13). The van der Waals surface area contributed by atoms with Gasteiger partial charge in [0.1, 0.15) is 13.5 Å². The Morgan fingerprint density at radius 3 is 2.85 bits per heavy atom. The quantitative estimate of drug-likeness (QED) is 0.584. The lowest BCUT2D eigenvalue weighted by atomic mass is 9.93. The summed E-state index contributed by atoms with van der Waals surface area (Å²) in [6.45, 7) is 0. The van der Waals surface area contributed by atoms with Crippen LogP contribution in [-0.2, 0) is 0 Å². The molecular formula is C9H7BN2O. The highest BCUT2D eigenvalue weighted by atomic mass is 16.1. The third kappa shape index (κ3) is 1.20. The number of aromatic nitrogens is 1. The SMILES string of the molecule is [B]c1cccc2[nH]c(C(N)=O)cc12. The highest BCUT2D eigenvalue weighted by Gasteiger charge is 2.05. The third-order valence-corrected chi connectivity index (χ3v) is 1.96. The van der Waals surface area contributed by atoms with Crippen molar-refractivity contribution in [3.05, 3.63) is 30.0 Å². The average Bonchev–Trinajstić information content (AvgIpc) is 2.49. The minimum Gasteiger partial charge on any atom is -0.364 e. The molecular weight excluding hydrogens is 163 g/mol. The van der Waals surface area contributed by atoms with Gasteiger partial charge >= 0.3 is 0 Å². The minimum absolute atomic E-state index is 0.382. The van der Waals surface area contributed by atoms with E-state index in [0.29, 0.717) is 11.2 Å². The second-order valence-corrected chi connectivity index (χ2v) is 2.86. The van der Waals surface area contributed by atoms with Crippen molar-refractivity contribution in [2.45, 2.75) is 0 Å². The molecule has 0 bridgehead atoms. The molecule has 1 heterocycles. The second-order valence-electron chi connectivity index (χ2n) is 2.86. The maximum absolute atomic E-state index is 10.8. The molecule has 3 nitrogen and oxygen atoms in total. The van der Waals surface area contributed by atoms with Crippen molar-refractivity contribution in [2.24, 2.45) is 5.73 Å². The Hall–Kier alpha value is -1.71. The monoisotopic (exact) mass is 170 g/mol. The highest BCUT2D eigenvalue weighted by Crippen LogP contribution is 2.11. The fraction of sp³-hybridized carbons (Fsp3) is 0. The first-order valence-electron chi connectivity index (χ1n) is 3.85. The lowest BCUT2D eigenvalue weighted by molar-refractivity contribution is 0.0996. The van der Waals surface area contributed by atoms with Gasteiger partial charge < -0.3 is 10.7 Å². The van der Waals surface area contributed by atoms with Gasteiger partial charge in [0.05, 0.1) is 0 Å². The van der Waals surface area contributed by atoms with Crippen LogP contribution in [0.25, 0.3) is 10.9 Å². The highest BCUT2D eigenvalue weighted by molar-refractivity contribution is 6.38. The Morgan fingerprint density at radius 2 is 2.23 bits per heavy atom. The average molecular weight is 170 g/mol. The topological polar surface area (TPSA) is 58.9 Å². The number of aromatic amines is 1. The molecule has 0 saturated carbocycles. The molecule has 0 aliphatic heterocycles. The summed E-state index contributed by atoms with van der Waals surface area (Å²) in [6.07, 6.45) is 0. The fourth-order valence-corrected chi connectivity index (χ4v) is 1.31. The first-order chi connectivity index (χ1) is 6.18. The van der Waals surface area contributed by atoms with E-state index in [1.165, 1.54) is 0 Å². The zero-order valence-corrected chi connectivity index (χ0v) is 6.87. The van der Waals surface area contributed by atoms with Crippen LogP contribution >= 0.6 is 0 Å². The Morgan fingerprint density at radius 1 is 1.46 bits per heavy atom. The Kier molecular flexibility index (Phi) is 1.62. The van der Waals surface area contributed by atoms with Crippen LogP contribution in [0.5, 0.6) is 0 Å². The van der Waals surface area contributed by atoms with E-state index in [-0.39, 0.29) is 0 Å². The maximum Gasteiger partial charge on any atom is 0.265 e. The van der Waals surface area contributed by atoms with Gasteiger partial charge in [-0.1, -0.05) is 17.6 Å². The number of benzene rings is 1. The van der Waals surface area contributed by atoms with Gasteiger partial charge in [-0.15, -0.1) is 0 Å². The van der Waals surface area contributed by atoms with E-state index in [1.807, 2.05) is 12.1 Å². The summed E-state index contributed by atoms with van der Waals surface area (Å²) in [6, 6.07) is 7.10. The van der Waals surface area contributed by atoms with Crippen molar-refractivity contribution in [1.82, 2.24) is 4.98 Å². The molecule has 62 valence electrons. The van der Waals surface area contributed by atoms with Crippen molar-refractivity contribution in [3.63, 3.8) is 0 Å². The molecule has 1 aromatic heterocycles. The van der Waals surface area contributed by atoms with Crippen LogP contribution in [0.3, 0.4) is 0 Å². The number of H-pyrrole nitrogens is 1. The minimum atomic E-state index is -0.476. The van der Waals surface area contributed by atoms with E-state index in [4.69, 9.17) is 13.6 Å². The zero-order chi connectivity index (χ0) is 9.42. The lowest BCUT2D eigenvalue weighted by Gasteiger charge is -1.92. The second kappa shape index (κ2) is 2.66. The van der Waals surface area contributed by atoms with Gasteiger partial charge in [0, 0.05) is 5.52 Å². The van der Waals surface area contributed by atoms with Crippen LogP contribution in [0, 0.1) is 0 Å². The van der Waals surface area contributed by atoms with E-state index >= 15 is 0 Å². The maximum atomic E-state index is 10.8. The van der Waals surface area contributed by atoms with Gasteiger partial charge in [0.2, 0.25) is 0 Å². The van der Waals surface area contributed by atoms with E-state index in [0.717, 1.165) is 10.9 Å². The van der Waals surface area contributed by atoms with Crippen LogP contribution < -0.4 is 11.2 Å².